The van der Waals surface area contributed by atoms with Crippen LogP contribution in [0.5, 0.6) is 0 Å². The summed E-state index contributed by atoms with van der Waals surface area (Å²) in [5, 5.41) is -1.74. The molecule has 32 aromatic rings. The zero-order chi connectivity index (χ0) is 150. The third kappa shape index (κ3) is 14.1. The fraction of sp³-hybridized carbons (Fsp3) is 0. The molecule has 0 fully saturated rings. The second kappa shape index (κ2) is 35.3. The summed E-state index contributed by atoms with van der Waals surface area (Å²) in [6.07, 6.45) is 0. The van der Waals surface area contributed by atoms with Crippen LogP contribution < -0.4 is 0 Å². The summed E-state index contributed by atoms with van der Waals surface area (Å²) < 4.78 is 554. The van der Waals surface area contributed by atoms with Gasteiger partial charge in [0.2, 0.25) is 0 Å². The molecule has 148 heavy (non-hydrogen) atoms. The zero-order valence-electron chi connectivity index (χ0n) is 136. The number of benzene rings is 28. The van der Waals surface area contributed by atoms with Crippen molar-refractivity contribution in [3.8, 4) is 89.0 Å². The van der Waals surface area contributed by atoms with Gasteiger partial charge in [-0.25, -0.2) is 0 Å². The van der Waals surface area contributed by atoms with Crippen LogP contribution in [0.3, 0.4) is 0 Å². The molecule has 0 amide bonds. The van der Waals surface area contributed by atoms with Gasteiger partial charge in [0.05, 0.1) is 82.2 Å². The van der Waals surface area contributed by atoms with Crippen LogP contribution in [0, 0.1) is 0 Å². The average molecular weight is 1940 g/mol. The first-order valence-electron chi connectivity index (χ1n) is 75.9. The molecule has 0 saturated carbocycles. The van der Waals surface area contributed by atoms with Crippen molar-refractivity contribution in [1.82, 2.24) is 0 Å². The van der Waals surface area contributed by atoms with E-state index in [9.17, 15) is 20.6 Å². The van der Waals surface area contributed by atoms with Crippen LogP contribution in [0.4, 0.5) is 0 Å². The number of hydrogen-bond donors (Lipinski definition) is 0. The minimum atomic E-state index is -0.784. The van der Waals surface area contributed by atoms with Gasteiger partial charge >= 0.3 is 0 Å². The average Bonchev–Trinajstić information content (AvgIpc) is 0.766. The predicted molar refractivity (Wildman–Crippen MR) is 628 cm³/mol. The fourth-order valence-electron chi connectivity index (χ4n) is 20.1. The van der Waals surface area contributed by atoms with Gasteiger partial charge in [0.25, 0.3) is 0 Å². The van der Waals surface area contributed by atoms with Crippen molar-refractivity contribution >= 4 is 217 Å². The van der Waals surface area contributed by atoms with Crippen LogP contribution in [0.25, 0.3) is 306 Å². The SMILES string of the molecule is [2H]c1c([2H])c([2H])c(-c2c3c([2H])c([2H])c([2H])c([2H])c3c(-c3ccc4oc5ccccc5c4c3)c3c([2H])c([2H])c([2H])c([2H])c23)c([2H])c1[2H].[2H]c1c([2H])c([2H])c2c(-c3c([2H])c4c([2H])c([2H])c([2H])c([2H])c4c4c([2H])c([2H])c([2H])c([2H])c34)c3c([2H])c([2H])c([2H])c([2H])c3c(-c3ccc4oc5ccccc5c4c3)c2c1[2H].[2H]c1c([2H])c([2H])c2c(-c3c4c([2H])c([2H])c([2H])c([2H])c4c(-c4ccc5oc6ccccc6c5c4)c4c([2H])c([2H])c([2H])c([2H])c34)c([2H])c([2H])c([2H])c2c1[2H].[2H]c1c([2H])c([2H])c2c([2H])c(-c3c4c([2H])c([2H])c([2H])c([2H])c4c(-c4ccc5oc6ccccc6c5c4)c4c([2H])c([2H])c([2H])c([2H])c34)c([2H])c([2H])c2c1[2H]. The van der Waals surface area contributed by atoms with Crippen LogP contribution in [0.2, 0.25) is 0 Å². The number of rotatable bonds is 8. The lowest BCUT2D eigenvalue weighted by atomic mass is 9.83. The Labute approximate surface area is 935 Å². The van der Waals surface area contributed by atoms with E-state index < -0.39 is 433 Å². The lowest BCUT2D eigenvalue weighted by molar-refractivity contribution is 0.668. The molecule has 0 atom stereocenters. The number of hydrogen-bond acceptors (Lipinski definition) is 4. The van der Waals surface area contributed by atoms with E-state index >= 15 is 0 Å². The molecule has 4 nitrogen and oxygen atoms in total. The Morgan fingerprint density at radius 2 is 0.372 bits per heavy atom. The van der Waals surface area contributed by atoms with Gasteiger partial charge in [0, 0.05) is 43.1 Å². The first-order chi connectivity index (χ1) is 98.4. The topological polar surface area (TPSA) is 52.6 Å². The molecule has 0 spiro atoms. The molecule has 0 bridgehead atoms. The largest absolute Gasteiger partial charge is 0.456 e. The van der Waals surface area contributed by atoms with Crippen molar-refractivity contribution < 1.29 is 99.9 Å². The summed E-state index contributed by atoms with van der Waals surface area (Å²) in [5.74, 6) is 0. The molecule has 4 aromatic heterocycles. The van der Waals surface area contributed by atoms with E-state index in [2.05, 4.69) is 0 Å². The summed E-state index contributed by atoms with van der Waals surface area (Å²) in [4.78, 5) is 0. The lowest BCUT2D eigenvalue weighted by Crippen LogP contribution is -1.92. The predicted octanol–water partition coefficient (Wildman–Crippen LogP) is 41.5. The second-order valence-electron chi connectivity index (χ2n) is 34.2. The monoisotopic (exact) mass is 1940 g/mol. The molecule has 32 rings (SSSR count). The molecule has 0 saturated heterocycles. The molecule has 688 valence electrons. The van der Waals surface area contributed by atoms with Crippen LogP contribution in [-0.4, -0.2) is 0 Å². The normalized spacial score (nSPS) is 17.5. The standard InChI is InChI=1S/C40H24O.2C36H22O.C32H20O/c1-2-12-27-25(11-1)23-36(29-14-4-3-13-28(27)29)40-33-18-7-5-16-31(33)39(32-17-6-8-19-34(32)40)26-21-22-38-35(24-26)30-15-9-10-20-37(30)41-38;1-2-12-25-23(10-1)11-9-18-27(25)36-30-16-5-3-14-28(30)35(29-15-4-6-17-31(29)36)24-20-21-34-32(22-24)26-13-7-8-19-33(26)37-34;1-2-10-24-21-25(18-17-23(24)9-1)35-28-12-3-5-14-30(28)36(31-15-6-4-13-29(31)35)26-19-20-34-32(22-26)27-11-7-8-16-33(27)37-34;1-2-10-21(11-3-1)31-24-13-4-6-15-26(24)32(27-16-7-5-14-25(27)31)22-18-19-30-28(20-22)23-12-8-9-17-29(23)33-30/h1-24H;2*1-22H;1-20H/i1D,2D,3D,4D,5D,6D,7D,8D,11D,12D,13D,14D,16D,17D,18D,19D,23D;1D,2D,3D,4D,5D,6D,9D,10D,11D,12D,14D,15D,16D,17D,18D;1D,2D,3D,4D,5D,6D,9D,10D,12D,13D,14D,15D,17D,18D,21D;1D,2D,3D,4D,5D,6D,7D,10D,11D,13D,14D,15D,16D. The molecular weight excluding hydrogens is 1790 g/mol. The van der Waals surface area contributed by atoms with Crippen molar-refractivity contribution in [2.45, 2.75) is 0 Å². The number of fused-ring (bicyclic) bond motifs is 25. The summed E-state index contributed by atoms with van der Waals surface area (Å²) in [7, 11) is 0. The Kier molecular flexibility index (Phi) is 10.6. The number of para-hydroxylation sites is 4. The molecule has 0 aliphatic heterocycles. The summed E-state index contributed by atoms with van der Waals surface area (Å²) >= 11 is 0. The highest BCUT2D eigenvalue weighted by atomic mass is 16.3. The Bertz CT molecular complexity index is 14700. The van der Waals surface area contributed by atoms with E-state index in [1.807, 2.05) is 48.5 Å². The smallest absolute Gasteiger partial charge is 0.135 e. The molecule has 0 radical (unpaired) electrons. The van der Waals surface area contributed by atoms with Crippen molar-refractivity contribution in [1.29, 1.82) is 0 Å². The van der Waals surface area contributed by atoms with Crippen molar-refractivity contribution in [3.05, 3.63) is 532 Å². The molecule has 0 N–H and O–H groups in total. The highest BCUT2D eigenvalue weighted by molar-refractivity contribution is 6.30. The third-order valence-corrected chi connectivity index (χ3v) is 26.3. The Hall–Kier alpha value is -19.5. The van der Waals surface area contributed by atoms with Crippen molar-refractivity contribution in [2.75, 3.05) is 0 Å². The molecular formula is C144H88O4. The highest BCUT2D eigenvalue weighted by Crippen LogP contribution is 2.53. The van der Waals surface area contributed by atoms with Gasteiger partial charge < -0.3 is 17.7 Å². The van der Waals surface area contributed by atoms with Crippen LogP contribution in [-0.2, 0) is 0 Å². The maximum Gasteiger partial charge on any atom is 0.135 e. The molecule has 4 heteroatoms. The Morgan fingerprint density at radius 1 is 0.122 bits per heavy atom. The molecule has 0 aliphatic carbocycles. The van der Waals surface area contributed by atoms with Gasteiger partial charge in [-0.1, -0.05) is 448 Å². The van der Waals surface area contributed by atoms with Crippen LogP contribution in [0.1, 0.15) is 82.2 Å². The van der Waals surface area contributed by atoms with Crippen molar-refractivity contribution in [3.63, 3.8) is 0 Å². The quantitative estimate of drug-likeness (QED) is 0.112. The maximum absolute atomic E-state index is 9.72. The summed E-state index contributed by atoms with van der Waals surface area (Å²) in [5.41, 5.74) is 2.43. The Morgan fingerprint density at radius 3 is 0.730 bits per heavy atom. The zero-order valence-corrected chi connectivity index (χ0v) is 75.8. The van der Waals surface area contributed by atoms with Crippen LogP contribution in [0.15, 0.2) is 550 Å². The van der Waals surface area contributed by atoms with Gasteiger partial charge in [0.1, 0.15) is 44.7 Å². The third-order valence-electron chi connectivity index (χ3n) is 26.3. The first-order valence-corrected chi connectivity index (χ1v) is 45.9. The fourth-order valence-corrected chi connectivity index (χ4v) is 20.1. The summed E-state index contributed by atoms with van der Waals surface area (Å²) in [6, 6.07) is 8.39. The Balaban J connectivity index is 0.000000119. The van der Waals surface area contributed by atoms with E-state index in [0.29, 0.717) is 88.3 Å². The van der Waals surface area contributed by atoms with E-state index in [-0.39, 0.29) is 131 Å². The first kappa shape index (κ1) is 44.6. The lowest BCUT2D eigenvalue weighted by Gasteiger charge is -2.19. The van der Waals surface area contributed by atoms with Gasteiger partial charge in [0.15, 0.2) is 0 Å². The minimum Gasteiger partial charge on any atom is -0.456 e. The molecule has 0 unspecified atom stereocenters. The second-order valence-corrected chi connectivity index (χ2v) is 34.2. The molecule has 4 heterocycles. The summed E-state index contributed by atoms with van der Waals surface area (Å²) in [6.45, 7) is 0. The highest BCUT2D eigenvalue weighted by Gasteiger charge is 2.26. The van der Waals surface area contributed by atoms with E-state index in [0.717, 1.165) is 16.2 Å². The maximum atomic E-state index is 9.72. The van der Waals surface area contributed by atoms with Gasteiger partial charge in [-0.05, 0) is 303 Å². The van der Waals surface area contributed by atoms with Gasteiger partial charge in [-0.15, -0.1) is 0 Å². The molecule has 28 aromatic carbocycles. The van der Waals surface area contributed by atoms with Crippen molar-refractivity contribution in [2.24, 2.45) is 0 Å². The molecule has 0 aliphatic rings. The van der Waals surface area contributed by atoms with Gasteiger partial charge in [-0.2, -0.15) is 0 Å². The van der Waals surface area contributed by atoms with E-state index in [1.54, 1.807) is 121 Å². The van der Waals surface area contributed by atoms with Crippen LogP contribution >= 0.6 is 0 Å². The van der Waals surface area contributed by atoms with Gasteiger partial charge in [-0.3, -0.25) is 0 Å². The van der Waals surface area contributed by atoms with E-state index in [1.165, 1.54) is 0 Å². The van der Waals surface area contributed by atoms with E-state index in [4.69, 9.17) is 79.4 Å². The minimum absolute atomic E-state index is 0.0135. The number of furan rings is 4.